The lowest BCUT2D eigenvalue weighted by Crippen LogP contribution is -2.43. The molecule has 1 aromatic rings. The van der Waals surface area contributed by atoms with Crippen molar-refractivity contribution >= 4 is 22.9 Å². The van der Waals surface area contributed by atoms with Crippen LogP contribution in [0, 0.1) is 0 Å². The molecule has 19 heavy (non-hydrogen) atoms. The van der Waals surface area contributed by atoms with E-state index in [1.165, 1.54) is 17.7 Å². The maximum absolute atomic E-state index is 8.88. The summed E-state index contributed by atoms with van der Waals surface area (Å²) in [6, 6.07) is 4.79. The summed E-state index contributed by atoms with van der Waals surface area (Å²) in [5.41, 5.74) is 0. The first-order valence-corrected chi connectivity index (χ1v) is 8.16. The SMILES string of the molecule is CN(CCCO)C1CCN(Cc2ccc(Cl)s2)CC1. The lowest BCUT2D eigenvalue weighted by atomic mass is 10.0. The molecule has 1 saturated heterocycles. The van der Waals surface area contributed by atoms with Gasteiger partial charge < -0.3 is 10.0 Å². The van der Waals surface area contributed by atoms with Gasteiger partial charge in [-0.3, -0.25) is 4.90 Å². The van der Waals surface area contributed by atoms with E-state index >= 15 is 0 Å². The summed E-state index contributed by atoms with van der Waals surface area (Å²) in [5.74, 6) is 0. The van der Waals surface area contributed by atoms with Crippen molar-refractivity contribution in [1.82, 2.24) is 9.80 Å². The summed E-state index contributed by atoms with van der Waals surface area (Å²) in [7, 11) is 2.18. The monoisotopic (exact) mass is 302 g/mol. The van der Waals surface area contributed by atoms with Crippen molar-refractivity contribution < 1.29 is 5.11 Å². The summed E-state index contributed by atoms with van der Waals surface area (Å²) in [6.07, 6.45) is 3.33. The van der Waals surface area contributed by atoms with Crippen LogP contribution in [0.5, 0.6) is 0 Å². The number of aliphatic hydroxyl groups excluding tert-OH is 1. The van der Waals surface area contributed by atoms with Gasteiger partial charge in [0.1, 0.15) is 0 Å². The molecular weight excluding hydrogens is 280 g/mol. The Kier molecular flexibility index (Phi) is 6.10. The Morgan fingerprint density at radius 2 is 2.16 bits per heavy atom. The van der Waals surface area contributed by atoms with Gasteiger partial charge in [-0.2, -0.15) is 0 Å². The molecule has 0 spiro atoms. The van der Waals surface area contributed by atoms with Crippen molar-refractivity contribution in [3.05, 3.63) is 21.3 Å². The zero-order valence-corrected chi connectivity index (χ0v) is 13.1. The second-order valence-electron chi connectivity index (χ2n) is 5.27. The molecular formula is C14H23ClN2OS. The summed E-state index contributed by atoms with van der Waals surface area (Å²) in [5, 5.41) is 8.88. The summed E-state index contributed by atoms with van der Waals surface area (Å²) in [4.78, 5) is 6.27. The van der Waals surface area contributed by atoms with E-state index in [0.717, 1.165) is 36.9 Å². The van der Waals surface area contributed by atoms with E-state index in [1.54, 1.807) is 11.3 Å². The minimum atomic E-state index is 0.294. The van der Waals surface area contributed by atoms with Crippen molar-refractivity contribution in [2.24, 2.45) is 0 Å². The highest BCUT2D eigenvalue weighted by Gasteiger charge is 2.22. The molecule has 5 heteroatoms. The molecule has 0 unspecified atom stereocenters. The number of nitrogens with zero attached hydrogens (tertiary/aromatic N) is 2. The number of hydrogen-bond acceptors (Lipinski definition) is 4. The molecule has 1 aliphatic heterocycles. The molecule has 1 N–H and O–H groups in total. The predicted octanol–water partition coefficient (Wildman–Crippen LogP) is 2.68. The van der Waals surface area contributed by atoms with Crippen LogP contribution in [0.15, 0.2) is 12.1 Å². The zero-order valence-electron chi connectivity index (χ0n) is 11.5. The third kappa shape index (κ3) is 4.72. The van der Waals surface area contributed by atoms with Gasteiger partial charge in [-0.1, -0.05) is 11.6 Å². The van der Waals surface area contributed by atoms with Gasteiger partial charge in [-0.15, -0.1) is 11.3 Å². The standard InChI is InChI=1S/C14H23ClN2OS/c1-16(7-2-10-18)12-5-8-17(9-6-12)11-13-3-4-14(15)19-13/h3-4,12,18H,2,5-11H2,1H3. The molecule has 1 aliphatic rings. The molecule has 1 aromatic heterocycles. The van der Waals surface area contributed by atoms with E-state index in [1.807, 2.05) is 6.07 Å². The second kappa shape index (κ2) is 7.60. The highest BCUT2D eigenvalue weighted by Crippen LogP contribution is 2.24. The Bertz CT molecular complexity index is 377. The van der Waals surface area contributed by atoms with Crippen molar-refractivity contribution in [2.75, 3.05) is 33.3 Å². The molecule has 0 amide bonds. The molecule has 0 aromatic carbocycles. The van der Waals surface area contributed by atoms with Gasteiger partial charge in [0.15, 0.2) is 0 Å². The molecule has 0 aliphatic carbocycles. The van der Waals surface area contributed by atoms with E-state index in [4.69, 9.17) is 16.7 Å². The Morgan fingerprint density at radius 3 is 2.74 bits per heavy atom. The molecule has 0 saturated carbocycles. The zero-order chi connectivity index (χ0) is 13.7. The number of likely N-dealkylation sites (tertiary alicyclic amines) is 1. The number of hydrogen-bond donors (Lipinski definition) is 1. The van der Waals surface area contributed by atoms with Crippen molar-refractivity contribution in [2.45, 2.75) is 31.8 Å². The lowest BCUT2D eigenvalue weighted by Gasteiger charge is -2.36. The van der Waals surface area contributed by atoms with Crippen molar-refractivity contribution in [1.29, 1.82) is 0 Å². The first-order valence-electron chi connectivity index (χ1n) is 6.96. The Labute approximate surface area is 124 Å². The molecule has 0 atom stereocenters. The molecule has 2 heterocycles. The molecule has 0 bridgehead atoms. The fraction of sp³-hybridized carbons (Fsp3) is 0.714. The quantitative estimate of drug-likeness (QED) is 0.875. The van der Waals surface area contributed by atoms with E-state index in [9.17, 15) is 0 Å². The molecule has 0 radical (unpaired) electrons. The fourth-order valence-electron chi connectivity index (χ4n) is 2.68. The van der Waals surface area contributed by atoms with Gasteiger partial charge in [0, 0.05) is 43.7 Å². The predicted molar refractivity (Wildman–Crippen MR) is 82.0 cm³/mol. The van der Waals surface area contributed by atoms with Crippen LogP contribution < -0.4 is 0 Å². The first-order chi connectivity index (χ1) is 9.19. The van der Waals surface area contributed by atoms with Crippen LogP contribution in [0.25, 0.3) is 0 Å². The van der Waals surface area contributed by atoms with E-state index in [0.29, 0.717) is 12.6 Å². The van der Waals surface area contributed by atoms with Crippen LogP contribution in [0.2, 0.25) is 4.34 Å². The number of piperidine rings is 1. The fourth-order valence-corrected chi connectivity index (χ4v) is 3.81. The van der Waals surface area contributed by atoms with Crippen LogP contribution in [0.3, 0.4) is 0 Å². The van der Waals surface area contributed by atoms with Gasteiger partial charge in [0.2, 0.25) is 0 Å². The summed E-state index contributed by atoms with van der Waals surface area (Å²) >= 11 is 7.65. The average Bonchev–Trinajstić information content (AvgIpc) is 2.82. The minimum Gasteiger partial charge on any atom is -0.396 e. The van der Waals surface area contributed by atoms with E-state index in [-0.39, 0.29) is 0 Å². The van der Waals surface area contributed by atoms with Gasteiger partial charge in [0.25, 0.3) is 0 Å². The minimum absolute atomic E-state index is 0.294. The number of rotatable bonds is 6. The van der Waals surface area contributed by atoms with Gasteiger partial charge in [-0.05, 0) is 38.4 Å². The molecule has 2 rings (SSSR count). The summed E-state index contributed by atoms with van der Waals surface area (Å²) in [6.45, 7) is 4.64. The topological polar surface area (TPSA) is 26.7 Å². The highest BCUT2D eigenvalue weighted by atomic mass is 35.5. The van der Waals surface area contributed by atoms with Crippen LogP contribution in [0.1, 0.15) is 24.1 Å². The average molecular weight is 303 g/mol. The molecule has 108 valence electrons. The van der Waals surface area contributed by atoms with Crippen molar-refractivity contribution in [3.8, 4) is 0 Å². The van der Waals surface area contributed by atoms with E-state index in [2.05, 4.69) is 22.9 Å². The van der Waals surface area contributed by atoms with Gasteiger partial charge >= 0.3 is 0 Å². The van der Waals surface area contributed by atoms with Crippen LogP contribution in [-0.4, -0.2) is 54.2 Å². The number of thiophene rings is 1. The summed E-state index contributed by atoms with van der Waals surface area (Å²) < 4.78 is 0.883. The Hall–Kier alpha value is -0.130. The molecule has 3 nitrogen and oxygen atoms in total. The van der Waals surface area contributed by atoms with Crippen LogP contribution in [0.4, 0.5) is 0 Å². The largest absolute Gasteiger partial charge is 0.396 e. The van der Waals surface area contributed by atoms with Crippen LogP contribution in [-0.2, 0) is 6.54 Å². The third-order valence-electron chi connectivity index (χ3n) is 3.86. The smallest absolute Gasteiger partial charge is 0.0931 e. The third-order valence-corrected chi connectivity index (χ3v) is 5.07. The second-order valence-corrected chi connectivity index (χ2v) is 7.07. The van der Waals surface area contributed by atoms with Crippen molar-refractivity contribution in [3.63, 3.8) is 0 Å². The Morgan fingerprint density at radius 1 is 1.42 bits per heavy atom. The van der Waals surface area contributed by atoms with Gasteiger partial charge in [0.05, 0.1) is 4.34 Å². The maximum atomic E-state index is 8.88. The highest BCUT2D eigenvalue weighted by molar-refractivity contribution is 7.16. The van der Waals surface area contributed by atoms with Gasteiger partial charge in [-0.25, -0.2) is 0 Å². The first kappa shape index (κ1) is 15.3. The molecule has 1 fully saturated rings. The number of halogens is 1. The van der Waals surface area contributed by atoms with Crippen LogP contribution >= 0.6 is 22.9 Å². The lowest BCUT2D eigenvalue weighted by molar-refractivity contribution is 0.118. The normalized spacial score (nSPS) is 18.3. The maximum Gasteiger partial charge on any atom is 0.0931 e. The number of aliphatic hydroxyl groups is 1. The van der Waals surface area contributed by atoms with E-state index < -0.39 is 0 Å². The Balaban J connectivity index is 1.73.